The summed E-state index contributed by atoms with van der Waals surface area (Å²) in [6.07, 6.45) is 3.57. The fraction of sp³-hybridized carbons (Fsp3) is 0.211. The Hall–Kier alpha value is -2.40. The molecular formula is C19H20N2O2S. The van der Waals surface area contributed by atoms with Crippen LogP contribution in [0.15, 0.2) is 66.9 Å². The fourth-order valence-electron chi connectivity index (χ4n) is 2.81. The van der Waals surface area contributed by atoms with Crippen LogP contribution in [0.1, 0.15) is 11.6 Å². The summed E-state index contributed by atoms with van der Waals surface area (Å²) in [5.74, 6) is 0.318. The Morgan fingerprint density at radius 1 is 1.08 bits per heavy atom. The maximum Gasteiger partial charge on any atom is 0.240 e. The molecule has 0 unspecified atom stereocenters. The Morgan fingerprint density at radius 2 is 1.79 bits per heavy atom. The summed E-state index contributed by atoms with van der Waals surface area (Å²) in [6.45, 7) is 0.243. The van der Waals surface area contributed by atoms with E-state index in [4.69, 9.17) is 0 Å². The lowest BCUT2D eigenvalue weighted by atomic mass is 10.1. The van der Waals surface area contributed by atoms with Crippen LogP contribution in [0.5, 0.6) is 0 Å². The van der Waals surface area contributed by atoms with Gasteiger partial charge in [-0.2, -0.15) is 0 Å². The summed E-state index contributed by atoms with van der Waals surface area (Å²) >= 11 is 0. The molecule has 1 amide bonds. The molecule has 0 spiro atoms. The number of nitrogens with zero attached hydrogens (tertiary/aromatic N) is 1. The van der Waals surface area contributed by atoms with Gasteiger partial charge in [0, 0.05) is 34.5 Å². The van der Waals surface area contributed by atoms with Crippen molar-refractivity contribution in [3.05, 3.63) is 72.4 Å². The van der Waals surface area contributed by atoms with E-state index in [9.17, 15) is 9.00 Å². The third-order valence-corrected chi connectivity index (χ3v) is 4.74. The van der Waals surface area contributed by atoms with E-state index in [0.717, 1.165) is 16.5 Å². The van der Waals surface area contributed by atoms with Crippen LogP contribution in [-0.4, -0.2) is 26.7 Å². The molecule has 0 saturated heterocycles. The molecule has 0 aliphatic rings. The molecule has 3 rings (SSSR count). The third-order valence-electron chi connectivity index (χ3n) is 3.93. The van der Waals surface area contributed by atoms with Crippen molar-refractivity contribution in [2.45, 2.75) is 12.6 Å². The van der Waals surface area contributed by atoms with Gasteiger partial charge in [0.05, 0.1) is 6.04 Å². The van der Waals surface area contributed by atoms with Crippen molar-refractivity contribution in [2.24, 2.45) is 0 Å². The van der Waals surface area contributed by atoms with Gasteiger partial charge in [-0.25, -0.2) is 0 Å². The first-order valence-corrected chi connectivity index (χ1v) is 9.54. The zero-order valence-electron chi connectivity index (χ0n) is 13.5. The van der Waals surface area contributed by atoms with Crippen molar-refractivity contribution in [2.75, 3.05) is 12.0 Å². The van der Waals surface area contributed by atoms with Crippen molar-refractivity contribution < 1.29 is 9.00 Å². The molecule has 4 nitrogen and oxygen atoms in total. The second kappa shape index (κ2) is 7.45. The quantitative estimate of drug-likeness (QED) is 0.750. The molecule has 0 fully saturated rings. The van der Waals surface area contributed by atoms with Crippen molar-refractivity contribution >= 4 is 27.6 Å². The number of rotatable bonds is 6. The predicted molar refractivity (Wildman–Crippen MR) is 98.2 cm³/mol. The van der Waals surface area contributed by atoms with Gasteiger partial charge in [0.2, 0.25) is 5.91 Å². The topological polar surface area (TPSA) is 51.1 Å². The molecule has 24 heavy (non-hydrogen) atoms. The molecular weight excluding hydrogens is 320 g/mol. The number of carbonyl (C=O) groups excluding carboxylic acids is 1. The lowest BCUT2D eigenvalue weighted by molar-refractivity contribution is -0.122. The summed E-state index contributed by atoms with van der Waals surface area (Å²) in [6, 6.07) is 19.4. The molecule has 3 aromatic rings. The molecule has 0 saturated carbocycles. The number of fused-ring (bicyclic) bond motifs is 1. The molecule has 1 N–H and O–H groups in total. The highest BCUT2D eigenvalue weighted by Crippen LogP contribution is 2.16. The first-order chi connectivity index (χ1) is 11.6. The van der Waals surface area contributed by atoms with E-state index in [-0.39, 0.29) is 18.5 Å². The van der Waals surface area contributed by atoms with Crippen molar-refractivity contribution in [1.82, 2.24) is 9.88 Å². The lowest BCUT2D eigenvalue weighted by Gasteiger charge is -2.18. The molecule has 2 atom stereocenters. The van der Waals surface area contributed by atoms with Gasteiger partial charge >= 0.3 is 0 Å². The Bertz CT molecular complexity index is 858. The standard InChI is InChI=1S/C19H20N2O2S/c1-24(23)14-17(15-7-3-2-4-8-15)20-19(22)13-21-12-11-16-9-5-6-10-18(16)21/h2-12,17H,13-14H2,1H3,(H,20,22)/t17-,24-/m1/s1. The second-order valence-electron chi connectivity index (χ2n) is 5.77. The number of aromatic nitrogens is 1. The summed E-state index contributed by atoms with van der Waals surface area (Å²) in [7, 11) is -0.995. The van der Waals surface area contributed by atoms with E-state index >= 15 is 0 Å². The zero-order valence-corrected chi connectivity index (χ0v) is 14.3. The van der Waals surface area contributed by atoms with E-state index in [1.54, 1.807) is 6.26 Å². The van der Waals surface area contributed by atoms with Gasteiger partial charge in [-0.3, -0.25) is 9.00 Å². The van der Waals surface area contributed by atoms with E-state index < -0.39 is 10.8 Å². The van der Waals surface area contributed by atoms with Crippen LogP contribution in [0, 0.1) is 0 Å². The van der Waals surface area contributed by atoms with Gasteiger partial charge in [0.25, 0.3) is 0 Å². The number of carbonyl (C=O) groups is 1. The van der Waals surface area contributed by atoms with Crippen molar-refractivity contribution in [1.29, 1.82) is 0 Å². The van der Waals surface area contributed by atoms with Gasteiger partial charge in [0.1, 0.15) is 6.54 Å². The van der Waals surface area contributed by atoms with Gasteiger partial charge < -0.3 is 9.88 Å². The minimum absolute atomic E-state index is 0.0874. The van der Waals surface area contributed by atoms with Crippen LogP contribution in [0.2, 0.25) is 0 Å². The lowest BCUT2D eigenvalue weighted by Crippen LogP contribution is -2.34. The average Bonchev–Trinajstić information content (AvgIpc) is 2.98. The van der Waals surface area contributed by atoms with E-state index in [0.29, 0.717) is 5.75 Å². The molecule has 0 radical (unpaired) electrons. The minimum Gasteiger partial charge on any atom is -0.347 e. The largest absolute Gasteiger partial charge is 0.347 e. The average molecular weight is 340 g/mol. The van der Waals surface area contributed by atoms with Crippen LogP contribution < -0.4 is 5.32 Å². The van der Waals surface area contributed by atoms with Gasteiger partial charge in [-0.15, -0.1) is 0 Å². The van der Waals surface area contributed by atoms with Crippen LogP contribution in [0.3, 0.4) is 0 Å². The van der Waals surface area contributed by atoms with E-state index in [1.807, 2.05) is 71.4 Å². The van der Waals surface area contributed by atoms with E-state index in [1.165, 1.54) is 0 Å². The van der Waals surface area contributed by atoms with Crippen LogP contribution in [-0.2, 0) is 22.1 Å². The van der Waals surface area contributed by atoms with Gasteiger partial charge in [0.15, 0.2) is 0 Å². The first-order valence-electron chi connectivity index (χ1n) is 7.81. The Kier molecular flexibility index (Phi) is 5.11. The second-order valence-corrected chi connectivity index (χ2v) is 7.25. The van der Waals surface area contributed by atoms with Crippen LogP contribution in [0.4, 0.5) is 0 Å². The smallest absolute Gasteiger partial charge is 0.240 e. The number of benzene rings is 2. The molecule has 0 bridgehead atoms. The SMILES string of the molecule is C[S@@](=O)C[C@@H](NC(=O)Cn1ccc2ccccc21)c1ccccc1. The van der Waals surface area contributed by atoms with Gasteiger partial charge in [-0.1, -0.05) is 48.5 Å². The maximum atomic E-state index is 12.5. The Morgan fingerprint density at radius 3 is 2.54 bits per heavy atom. The molecule has 5 heteroatoms. The van der Waals surface area contributed by atoms with Crippen LogP contribution in [0.25, 0.3) is 10.9 Å². The van der Waals surface area contributed by atoms with Crippen molar-refractivity contribution in [3.63, 3.8) is 0 Å². The summed E-state index contributed by atoms with van der Waals surface area (Å²) in [5, 5.41) is 4.13. The number of amides is 1. The molecule has 0 aliphatic carbocycles. The minimum atomic E-state index is -0.995. The highest BCUT2D eigenvalue weighted by molar-refractivity contribution is 7.84. The van der Waals surface area contributed by atoms with E-state index in [2.05, 4.69) is 5.32 Å². The fourth-order valence-corrected chi connectivity index (χ4v) is 3.56. The number of para-hydroxylation sites is 1. The summed E-state index contributed by atoms with van der Waals surface area (Å²) in [5.41, 5.74) is 2.00. The predicted octanol–water partition coefficient (Wildman–Crippen LogP) is 2.88. The summed E-state index contributed by atoms with van der Waals surface area (Å²) in [4.78, 5) is 12.5. The van der Waals surface area contributed by atoms with Gasteiger partial charge in [-0.05, 0) is 23.1 Å². The Balaban J connectivity index is 1.75. The first kappa shape index (κ1) is 16.5. The monoisotopic (exact) mass is 340 g/mol. The highest BCUT2D eigenvalue weighted by atomic mass is 32.2. The molecule has 124 valence electrons. The van der Waals surface area contributed by atoms with Crippen molar-refractivity contribution in [3.8, 4) is 0 Å². The Labute approximate surface area is 143 Å². The normalized spacial score (nSPS) is 13.5. The highest BCUT2D eigenvalue weighted by Gasteiger charge is 2.16. The maximum absolute atomic E-state index is 12.5. The number of nitrogens with one attached hydrogen (secondary N) is 1. The number of hydrogen-bond donors (Lipinski definition) is 1. The molecule has 0 aliphatic heterocycles. The molecule has 1 heterocycles. The third kappa shape index (κ3) is 3.92. The zero-order chi connectivity index (χ0) is 16.9. The molecule has 2 aromatic carbocycles. The van der Waals surface area contributed by atoms with Crippen LogP contribution >= 0.6 is 0 Å². The number of hydrogen-bond acceptors (Lipinski definition) is 2. The summed E-state index contributed by atoms with van der Waals surface area (Å²) < 4.78 is 13.6. The molecule has 1 aromatic heterocycles.